The molecule has 0 aliphatic rings. The van der Waals surface area contributed by atoms with E-state index in [0.717, 1.165) is 22.8 Å². The monoisotopic (exact) mass is 382 g/mol. The Kier molecular flexibility index (Phi) is 6.69. The number of thioether (sulfide) groups is 1. The molecule has 0 amide bonds. The number of aryl methyl sites for hydroxylation is 1. The van der Waals surface area contributed by atoms with E-state index in [0.29, 0.717) is 18.5 Å². The van der Waals surface area contributed by atoms with Crippen LogP contribution in [0.3, 0.4) is 0 Å². The standard InChI is InChI=1S/C22H26N2O2S/c1-16(2)26-14-8-13-24-21(25)19-11-6-7-12-20(19)23-22(24)27-15-18-10-5-4-9-17(18)3/h4-7,9-12,16H,8,13-15H2,1-3H3. The maximum absolute atomic E-state index is 13.0. The molecule has 2 aromatic carbocycles. The minimum atomic E-state index is 0.0254. The highest BCUT2D eigenvalue weighted by atomic mass is 32.2. The molecule has 0 unspecified atom stereocenters. The largest absolute Gasteiger partial charge is 0.379 e. The van der Waals surface area contributed by atoms with Gasteiger partial charge in [0.25, 0.3) is 5.56 Å². The number of benzene rings is 2. The number of rotatable bonds is 8. The zero-order valence-corrected chi connectivity index (χ0v) is 17.0. The summed E-state index contributed by atoms with van der Waals surface area (Å²) in [5, 5.41) is 1.44. The fraction of sp³-hybridized carbons (Fsp3) is 0.364. The third-order valence-electron chi connectivity index (χ3n) is 4.42. The number of para-hydroxylation sites is 1. The number of hydrogen-bond acceptors (Lipinski definition) is 4. The van der Waals surface area contributed by atoms with E-state index in [1.807, 2.05) is 50.2 Å². The molecule has 4 nitrogen and oxygen atoms in total. The van der Waals surface area contributed by atoms with Gasteiger partial charge in [0, 0.05) is 18.9 Å². The first kappa shape index (κ1) is 19.6. The SMILES string of the molecule is Cc1ccccc1CSc1nc2ccccc2c(=O)n1CCCOC(C)C. The van der Waals surface area contributed by atoms with E-state index in [1.54, 1.807) is 16.3 Å². The van der Waals surface area contributed by atoms with Crippen molar-refractivity contribution in [3.8, 4) is 0 Å². The molecule has 3 rings (SSSR count). The van der Waals surface area contributed by atoms with Gasteiger partial charge in [-0.05, 0) is 50.5 Å². The van der Waals surface area contributed by atoms with Crippen LogP contribution < -0.4 is 5.56 Å². The second-order valence-electron chi connectivity index (χ2n) is 6.86. The van der Waals surface area contributed by atoms with Crippen molar-refractivity contribution in [1.29, 1.82) is 0 Å². The summed E-state index contributed by atoms with van der Waals surface area (Å²) in [5.74, 6) is 0.792. The van der Waals surface area contributed by atoms with Gasteiger partial charge in [-0.25, -0.2) is 4.98 Å². The fourth-order valence-corrected chi connectivity index (χ4v) is 4.01. The molecule has 0 saturated heterocycles. The lowest BCUT2D eigenvalue weighted by atomic mass is 10.1. The third-order valence-corrected chi connectivity index (χ3v) is 5.45. The van der Waals surface area contributed by atoms with Crippen LogP contribution in [0, 0.1) is 6.92 Å². The minimum absolute atomic E-state index is 0.0254. The second-order valence-corrected chi connectivity index (χ2v) is 7.80. The van der Waals surface area contributed by atoms with Crippen LogP contribution in [0.1, 0.15) is 31.4 Å². The van der Waals surface area contributed by atoms with E-state index in [4.69, 9.17) is 9.72 Å². The van der Waals surface area contributed by atoms with E-state index in [9.17, 15) is 4.79 Å². The summed E-state index contributed by atoms with van der Waals surface area (Å²) in [7, 11) is 0. The van der Waals surface area contributed by atoms with E-state index >= 15 is 0 Å². The fourth-order valence-electron chi connectivity index (χ4n) is 2.91. The van der Waals surface area contributed by atoms with Crippen molar-refractivity contribution in [2.45, 2.75) is 50.8 Å². The van der Waals surface area contributed by atoms with Gasteiger partial charge in [0.1, 0.15) is 0 Å². The predicted molar refractivity (Wildman–Crippen MR) is 112 cm³/mol. The van der Waals surface area contributed by atoms with Crippen molar-refractivity contribution in [3.05, 3.63) is 70.0 Å². The summed E-state index contributed by atoms with van der Waals surface area (Å²) in [4.78, 5) is 17.8. The summed E-state index contributed by atoms with van der Waals surface area (Å²) in [6, 6.07) is 15.9. The summed E-state index contributed by atoms with van der Waals surface area (Å²) >= 11 is 1.62. The molecule has 0 fully saturated rings. The van der Waals surface area contributed by atoms with E-state index in [-0.39, 0.29) is 11.7 Å². The summed E-state index contributed by atoms with van der Waals surface area (Å²) in [6.07, 6.45) is 0.988. The molecule has 0 bridgehead atoms. The van der Waals surface area contributed by atoms with Crippen LogP contribution in [0.15, 0.2) is 58.5 Å². The van der Waals surface area contributed by atoms with Crippen molar-refractivity contribution in [3.63, 3.8) is 0 Å². The Hall–Kier alpha value is -2.11. The smallest absolute Gasteiger partial charge is 0.262 e. The maximum atomic E-state index is 13.0. The first-order valence-corrected chi connectivity index (χ1v) is 10.3. The molecule has 27 heavy (non-hydrogen) atoms. The van der Waals surface area contributed by atoms with Gasteiger partial charge in [-0.1, -0.05) is 48.2 Å². The normalized spacial score (nSPS) is 11.4. The lowest BCUT2D eigenvalue weighted by molar-refractivity contribution is 0.0743. The lowest BCUT2D eigenvalue weighted by Gasteiger charge is -2.14. The van der Waals surface area contributed by atoms with Crippen molar-refractivity contribution in [1.82, 2.24) is 9.55 Å². The van der Waals surface area contributed by atoms with Gasteiger partial charge in [0.2, 0.25) is 0 Å². The zero-order valence-electron chi connectivity index (χ0n) is 16.1. The molecule has 142 valence electrons. The van der Waals surface area contributed by atoms with Crippen molar-refractivity contribution < 1.29 is 4.74 Å². The van der Waals surface area contributed by atoms with Gasteiger partial charge in [-0.2, -0.15) is 0 Å². The molecule has 0 aliphatic carbocycles. The third kappa shape index (κ3) is 4.99. The first-order chi connectivity index (χ1) is 13.1. The Morgan fingerprint density at radius 1 is 1.11 bits per heavy atom. The van der Waals surface area contributed by atoms with Gasteiger partial charge in [0.15, 0.2) is 5.16 Å². The van der Waals surface area contributed by atoms with E-state index in [2.05, 4.69) is 19.1 Å². The Labute approximate surface area is 164 Å². The average molecular weight is 383 g/mol. The second kappa shape index (κ2) is 9.20. The first-order valence-electron chi connectivity index (χ1n) is 9.34. The highest BCUT2D eigenvalue weighted by Gasteiger charge is 2.12. The molecule has 1 heterocycles. The molecule has 3 aromatic rings. The molecular formula is C22H26N2O2S. The van der Waals surface area contributed by atoms with Gasteiger partial charge < -0.3 is 4.74 Å². The number of ether oxygens (including phenoxy) is 1. The van der Waals surface area contributed by atoms with Crippen LogP contribution in [0.25, 0.3) is 10.9 Å². The quantitative estimate of drug-likeness (QED) is 0.318. The van der Waals surface area contributed by atoms with E-state index in [1.165, 1.54) is 11.1 Å². The van der Waals surface area contributed by atoms with Crippen LogP contribution in [0.2, 0.25) is 0 Å². The Morgan fingerprint density at radius 2 is 1.85 bits per heavy atom. The molecule has 0 spiro atoms. The summed E-state index contributed by atoms with van der Waals surface area (Å²) in [6.45, 7) is 7.40. The zero-order chi connectivity index (χ0) is 19.2. The van der Waals surface area contributed by atoms with Crippen molar-refractivity contribution >= 4 is 22.7 Å². The Morgan fingerprint density at radius 3 is 2.63 bits per heavy atom. The van der Waals surface area contributed by atoms with E-state index < -0.39 is 0 Å². The van der Waals surface area contributed by atoms with Gasteiger partial charge >= 0.3 is 0 Å². The molecule has 0 aliphatic heterocycles. The topological polar surface area (TPSA) is 44.1 Å². The number of hydrogen-bond donors (Lipinski definition) is 0. The Balaban J connectivity index is 1.87. The molecule has 0 atom stereocenters. The van der Waals surface area contributed by atoms with Gasteiger partial charge in [-0.15, -0.1) is 0 Å². The lowest BCUT2D eigenvalue weighted by Crippen LogP contribution is -2.24. The number of fused-ring (bicyclic) bond motifs is 1. The molecular weight excluding hydrogens is 356 g/mol. The van der Waals surface area contributed by atoms with Crippen LogP contribution >= 0.6 is 11.8 Å². The van der Waals surface area contributed by atoms with Crippen LogP contribution in [0.5, 0.6) is 0 Å². The van der Waals surface area contributed by atoms with Crippen molar-refractivity contribution in [2.75, 3.05) is 6.61 Å². The summed E-state index contributed by atoms with van der Waals surface area (Å²) < 4.78 is 7.43. The van der Waals surface area contributed by atoms with Gasteiger partial charge in [0.05, 0.1) is 17.0 Å². The molecule has 5 heteroatoms. The van der Waals surface area contributed by atoms with Gasteiger partial charge in [-0.3, -0.25) is 9.36 Å². The van der Waals surface area contributed by atoms with Crippen LogP contribution in [-0.4, -0.2) is 22.3 Å². The molecule has 1 aromatic heterocycles. The van der Waals surface area contributed by atoms with Crippen LogP contribution in [-0.2, 0) is 17.0 Å². The van der Waals surface area contributed by atoms with Crippen LogP contribution in [0.4, 0.5) is 0 Å². The predicted octanol–water partition coefficient (Wildman–Crippen LogP) is 4.81. The summed E-state index contributed by atoms with van der Waals surface area (Å²) in [5.41, 5.74) is 3.30. The van der Waals surface area contributed by atoms with Crippen molar-refractivity contribution in [2.24, 2.45) is 0 Å². The highest BCUT2D eigenvalue weighted by molar-refractivity contribution is 7.98. The molecule has 0 saturated carbocycles. The minimum Gasteiger partial charge on any atom is -0.379 e. The molecule has 0 radical (unpaired) electrons. The Bertz CT molecular complexity index is 966. The number of aromatic nitrogens is 2. The average Bonchev–Trinajstić information content (AvgIpc) is 2.66. The maximum Gasteiger partial charge on any atom is 0.262 e. The highest BCUT2D eigenvalue weighted by Crippen LogP contribution is 2.24. The number of nitrogens with zero attached hydrogens (tertiary/aromatic N) is 2. The molecule has 0 N–H and O–H groups in total.